The van der Waals surface area contributed by atoms with Crippen LogP contribution in [-0.4, -0.2) is 37.3 Å². The number of anilines is 1. The maximum atomic E-state index is 13.2. The van der Waals surface area contributed by atoms with Crippen LogP contribution in [0.2, 0.25) is 0 Å². The number of aromatic nitrogens is 1. The van der Waals surface area contributed by atoms with Gasteiger partial charge in [0.1, 0.15) is 17.2 Å². The Kier molecular flexibility index (Phi) is 4.34. The molecule has 3 heterocycles. The van der Waals surface area contributed by atoms with Gasteiger partial charge in [0, 0.05) is 12.1 Å². The minimum Gasteiger partial charge on any atom is -0.478 e. The normalized spacial score (nSPS) is 14.7. The van der Waals surface area contributed by atoms with Crippen LogP contribution >= 0.6 is 0 Å². The number of fused-ring (bicyclic) bond motifs is 2. The van der Waals surface area contributed by atoms with E-state index in [0.717, 1.165) is 12.7 Å². The highest BCUT2D eigenvalue weighted by atomic mass is 32.2. The van der Waals surface area contributed by atoms with Crippen LogP contribution < -0.4 is 4.31 Å². The second-order valence-corrected chi connectivity index (χ2v) is 8.64. The number of sulfonamides is 1. The number of pyridine rings is 1. The van der Waals surface area contributed by atoms with Crippen LogP contribution in [0.15, 0.2) is 34.7 Å². The topological polar surface area (TPSA) is 101 Å². The molecule has 1 aliphatic heterocycles. The third kappa shape index (κ3) is 3.11. The molecule has 0 saturated carbocycles. The molecule has 0 unspecified atom stereocenters. The van der Waals surface area contributed by atoms with Gasteiger partial charge >= 0.3 is 5.97 Å². The number of aromatic carboxylic acids is 1. The monoisotopic (exact) mass is 404 g/mol. The molecule has 0 fully saturated rings. The lowest BCUT2D eigenvalue weighted by Crippen LogP contribution is -2.31. The van der Waals surface area contributed by atoms with Crippen molar-refractivity contribution in [2.24, 2.45) is 0 Å². The Morgan fingerprint density at radius 3 is 2.61 bits per heavy atom. The highest BCUT2D eigenvalue weighted by molar-refractivity contribution is 7.92. The highest BCUT2D eigenvalue weighted by Gasteiger charge is 2.29. The molecular weight excluding hydrogens is 387 g/mol. The maximum absolute atomic E-state index is 13.2. The SMILES string of the molecule is CS(=O)(=O)N1CCCCc2cc3c(C(=O)O)c(-c4ccc(F)cc4)oc3nc21. The number of carbonyl (C=O) groups is 1. The highest BCUT2D eigenvalue weighted by Crippen LogP contribution is 2.37. The van der Waals surface area contributed by atoms with E-state index in [1.165, 1.54) is 28.6 Å². The molecule has 146 valence electrons. The predicted octanol–water partition coefficient (Wildman–Crippen LogP) is 3.43. The molecule has 9 heteroatoms. The van der Waals surface area contributed by atoms with Crippen molar-refractivity contribution in [3.8, 4) is 11.3 Å². The second kappa shape index (κ2) is 6.59. The molecular formula is C19H17FN2O5S. The van der Waals surface area contributed by atoms with Crippen LogP contribution in [0.5, 0.6) is 0 Å². The first kappa shape index (κ1) is 18.4. The molecule has 7 nitrogen and oxygen atoms in total. The Morgan fingerprint density at radius 1 is 1.25 bits per heavy atom. The Bertz CT molecular complexity index is 1190. The number of carboxylic acids is 1. The van der Waals surface area contributed by atoms with E-state index >= 15 is 0 Å². The number of nitrogens with zero attached hydrogens (tertiary/aromatic N) is 2. The third-order valence-corrected chi connectivity index (χ3v) is 5.91. The molecule has 0 saturated heterocycles. The summed E-state index contributed by atoms with van der Waals surface area (Å²) in [4.78, 5) is 16.3. The summed E-state index contributed by atoms with van der Waals surface area (Å²) in [5.41, 5.74) is 1.01. The van der Waals surface area contributed by atoms with Crippen molar-refractivity contribution in [2.45, 2.75) is 19.3 Å². The van der Waals surface area contributed by atoms with E-state index in [0.29, 0.717) is 35.9 Å². The van der Waals surface area contributed by atoms with Crippen molar-refractivity contribution < 1.29 is 27.1 Å². The molecule has 1 N–H and O–H groups in total. The predicted molar refractivity (Wildman–Crippen MR) is 101 cm³/mol. The van der Waals surface area contributed by atoms with Crippen molar-refractivity contribution in [1.82, 2.24) is 4.98 Å². The zero-order valence-electron chi connectivity index (χ0n) is 15.0. The Morgan fingerprint density at radius 2 is 1.96 bits per heavy atom. The quantitative estimate of drug-likeness (QED) is 0.718. The van der Waals surface area contributed by atoms with Gasteiger partial charge in [0.25, 0.3) is 0 Å². The average molecular weight is 404 g/mol. The number of halogens is 1. The number of rotatable bonds is 3. The largest absolute Gasteiger partial charge is 0.478 e. The van der Waals surface area contributed by atoms with Gasteiger partial charge in [-0.25, -0.2) is 17.6 Å². The van der Waals surface area contributed by atoms with Crippen LogP contribution in [0.3, 0.4) is 0 Å². The fourth-order valence-electron chi connectivity index (χ4n) is 3.47. The van der Waals surface area contributed by atoms with Crippen LogP contribution in [0.1, 0.15) is 28.8 Å². The Balaban J connectivity index is 1.99. The molecule has 1 aliphatic rings. The lowest BCUT2D eigenvalue weighted by Gasteiger charge is -2.20. The molecule has 0 aliphatic carbocycles. The third-order valence-electron chi connectivity index (χ3n) is 4.75. The summed E-state index contributed by atoms with van der Waals surface area (Å²) < 4.78 is 44.6. The summed E-state index contributed by atoms with van der Waals surface area (Å²) >= 11 is 0. The molecule has 1 aromatic carbocycles. The van der Waals surface area contributed by atoms with Gasteiger partial charge in [-0.2, -0.15) is 4.98 Å². The van der Waals surface area contributed by atoms with Gasteiger partial charge in [0.2, 0.25) is 15.7 Å². The summed E-state index contributed by atoms with van der Waals surface area (Å²) in [5.74, 6) is -1.33. The lowest BCUT2D eigenvalue weighted by molar-refractivity contribution is 0.0699. The summed E-state index contributed by atoms with van der Waals surface area (Å²) in [6, 6.07) is 6.91. The van der Waals surface area contributed by atoms with E-state index in [9.17, 15) is 22.7 Å². The fourth-order valence-corrected chi connectivity index (χ4v) is 4.41. The zero-order chi connectivity index (χ0) is 20.1. The maximum Gasteiger partial charge on any atom is 0.340 e. The molecule has 0 atom stereocenters. The van der Waals surface area contributed by atoms with Gasteiger partial charge in [-0.15, -0.1) is 0 Å². The van der Waals surface area contributed by atoms with Gasteiger partial charge in [0.15, 0.2) is 5.76 Å². The van der Waals surface area contributed by atoms with Gasteiger partial charge in [-0.3, -0.25) is 4.31 Å². The number of hydrogen-bond acceptors (Lipinski definition) is 5. The number of aryl methyl sites for hydroxylation is 1. The van der Waals surface area contributed by atoms with E-state index < -0.39 is 21.8 Å². The van der Waals surface area contributed by atoms with Gasteiger partial charge in [0.05, 0.1) is 11.6 Å². The average Bonchev–Trinajstić information content (AvgIpc) is 2.85. The molecule has 0 bridgehead atoms. The number of carboxylic acid groups (broad SMARTS) is 1. The van der Waals surface area contributed by atoms with Gasteiger partial charge in [-0.05, 0) is 55.2 Å². The van der Waals surface area contributed by atoms with E-state index in [1.54, 1.807) is 6.07 Å². The summed E-state index contributed by atoms with van der Waals surface area (Å²) in [5, 5.41) is 10.0. The van der Waals surface area contributed by atoms with Gasteiger partial charge < -0.3 is 9.52 Å². The summed E-state index contributed by atoms with van der Waals surface area (Å²) in [7, 11) is -3.54. The van der Waals surface area contributed by atoms with E-state index in [1.807, 2.05) is 0 Å². The minimum absolute atomic E-state index is 0.0334. The molecule has 0 amide bonds. The summed E-state index contributed by atoms with van der Waals surface area (Å²) in [6.07, 6.45) is 3.14. The minimum atomic E-state index is -3.54. The fraction of sp³-hybridized carbons (Fsp3) is 0.263. The van der Waals surface area contributed by atoms with Crippen LogP contribution in [0.4, 0.5) is 10.2 Å². The lowest BCUT2D eigenvalue weighted by atomic mass is 10.0. The smallest absolute Gasteiger partial charge is 0.340 e. The van der Waals surface area contributed by atoms with E-state index in [-0.39, 0.29) is 22.9 Å². The first-order valence-corrected chi connectivity index (χ1v) is 10.5. The Labute approximate surface area is 160 Å². The van der Waals surface area contributed by atoms with Crippen molar-refractivity contribution in [2.75, 3.05) is 17.1 Å². The second-order valence-electron chi connectivity index (χ2n) is 6.73. The molecule has 28 heavy (non-hydrogen) atoms. The van der Waals surface area contributed by atoms with Crippen molar-refractivity contribution in [3.63, 3.8) is 0 Å². The standard InChI is InChI=1S/C19H17FN2O5S/c1-28(25,26)22-9-3-2-4-12-10-14-15(19(23)24)16(27-18(14)21-17(12)22)11-5-7-13(20)8-6-11/h5-8,10H,2-4,9H2,1H3,(H,23,24). The van der Waals surface area contributed by atoms with Crippen LogP contribution in [-0.2, 0) is 16.4 Å². The summed E-state index contributed by atoms with van der Waals surface area (Å²) in [6.45, 7) is 0.307. The van der Waals surface area contributed by atoms with E-state index in [4.69, 9.17) is 4.42 Å². The number of benzene rings is 1. The molecule has 3 aromatic rings. The van der Waals surface area contributed by atoms with Crippen molar-refractivity contribution in [1.29, 1.82) is 0 Å². The van der Waals surface area contributed by atoms with Crippen molar-refractivity contribution in [3.05, 3.63) is 47.3 Å². The molecule has 4 rings (SSSR count). The van der Waals surface area contributed by atoms with Crippen LogP contribution in [0, 0.1) is 5.82 Å². The first-order chi connectivity index (χ1) is 13.3. The molecule has 2 aromatic heterocycles. The number of furan rings is 1. The molecule has 0 radical (unpaired) electrons. The Hall–Kier alpha value is -2.94. The van der Waals surface area contributed by atoms with Gasteiger partial charge in [-0.1, -0.05) is 0 Å². The van der Waals surface area contributed by atoms with E-state index in [2.05, 4.69) is 4.98 Å². The number of hydrogen-bond donors (Lipinski definition) is 1. The van der Waals surface area contributed by atoms with Crippen molar-refractivity contribution >= 4 is 32.9 Å². The molecule has 0 spiro atoms. The first-order valence-electron chi connectivity index (χ1n) is 8.69. The van der Waals surface area contributed by atoms with Crippen LogP contribution in [0.25, 0.3) is 22.4 Å². The zero-order valence-corrected chi connectivity index (χ0v) is 15.8.